The molecule has 0 bridgehead atoms. The summed E-state index contributed by atoms with van der Waals surface area (Å²) in [5, 5.41) is 8.91. The number of nitrogens with zero attached hydrogens (tertiary/aromatic N) is 1. The molecule has 0 amide bonds. The zero-order valence-electron chi connectivity index (χ0n) is 11.4. The molecule has 0 radical (unpaired) electrons. The Bertz CT molecular complexity index is 644. The Balaban J connectivity index is 2.66. The molecule has 19 heavy (non-hydrogen) atoms. The summed E-state index contributed by atoms with van der Waals surface area (Å²) in [5.41, 5.74) is 4.69. The van der Waals surface area contributed by atoms with E-state index in [4.69, 9.17) is 9.84 Å². The van der Waals surface area contributed by atoms with Gasteiger partial charge in [-0.15, -0.1) is 0 Å². The van der Waals surface area contributed by atoms with Crippen molar-refractivity contribution in [2.75, 3.05) is 7.11 Å². The number of aromatic carboxylic acids is 1. The van der Waals surface area contributed by atoms with Crippen LogP contribution in [0.5, 0.6) is 5.75 Å². The molecule has 1 heterocycles. The van der Waals surface area contributed by atoms with E-state index in [1.165, 1.54) is 6.20 Å². The van der Waals surface area contributed by atoms with Gasteiger partial charge in [-0.25, -0.2) is 9.78 Å². The molecule has 2 N–H and O–H groups in total. The molecule has 1 aromatic carbocycles. The quantitative estimate of drug-likeness (QED) is 0.889. The Hall–Kier alpha value is -2.30. The summed E-state index contributed by atoms with van der Waals surface area (Å²) in [6.45, 7) is 5.96. The van der Waals surface area contributed by atoms with Crippen LogP contribution in [0.4, 0.5) is 0 Å². The molecule has 0 aliphatic rings. The Morgan fingerprint density at radius 2 is 2.00 bits per heavy atom. The number of imidazole rings is 1. The Morgan fingerprint density at radius 3 is 2.53 bits per heavy atom. The highest BCUT2D eigenvalue weighted by molar-refractivity contribution is 5.85. The zero-order chi connectivity index (χ0) is 14.2. The van der Waals surface area contributed by atoms with E-state index >= 15 is 0 Å². The number of benzene rings is 1. The number of carbonyl (C=O) groups is 1. The van der Waals surface area contributed by atoms with Crippen molar-refractivity contribution in [1.82, 2.24) is 9.97 Å². The molecule has 5 nitrogen and oxygen atoms in total. The van der Waals surface area contributed by atoms with E-state index in [-0.39, 0.29) is 5.82 Å². The number of hydrogen-bond donors (Lipinski definition) is 2. The second kappa shape index (κ2) is 4.76. The normalized spacial score (nSPS) is 10.5. The highest BCUT2D eigenvalue weighted by atomic mass is 16.5. The minimum atomic E-state index is -1.08. The first-order chi connectivity index (χ1) is 8.95. The third kappa shape index (κ3) is 2.19. The Morgan fingerprint density at radius 1 is 1.32 bits per heavy atom. The molecular formula is C14H16N2O3. The van der Waals surface area contributed by atoms with Crippen LogP contribution >= 0.6 is 0 Å². The summed E-state index contributed by atoms with van der Waals surface area (Å²) >= 11 is 0. The summed E-state index contributed by atoms with van der Waals surface area (Å²) in [7, 11) is 1.61. The predicted molar refractivity (Wildman–Crippen MR) is 71.7 cm³/mol. The maximum atomic E-state index is 10.9. The predicted octanol–water partition coefficient (Wildman–Crippen LogP) is 2.71. The fourth-order valence-corrected chi connectivity index (χ4v) is 2.20. The van der Waals surface area contributed by atoms with Gasteiger partial charge in [0.15, 0.2) is 0 Å². The van der Waals surface area contributed by atoms with Crippen LogP contribution in [0.1, 0.15) is 27.3 Å². The molecule has 0 aliphatic carbocycles. The van der Waals surface area contributed by atoms with E-state index < -0.39 is 5.97 Å². The monoisotopic (exact) mass is 260 g/mol. The first-order valence-electron chi connectivity index (χ1n) is 5.89. The third-order valence-corrected chi connectivity index (χ3v) is 3.24. The molecule has 2 aromatic rings. The number of carboxylic acid groups (broad SMARTS) is 1. The third-order valence-electron chi connectivity index (χ3n) is 3.24. The highest BCUT2D eigenvalue weighted by Crippen LogP contribution is 2.36. The number of aryl methyl sites for hydroxylation is 2. The largest absolute Gasteiger partial charge is 0.496 e. The van der Waals surface area contributed by atoms with Crippen LogP contribution in [0.2, 0.25) is 0 Å². The maximum absolute atomic E-state index is 10.9. The maximum Gasteiger partial charge on any atom is 0.371 e. The van der Waals surface area contributed by atoms with Gasteiger partial charge in [-0.2, -0.15) is 0 Å². The molecule has 0 spiro atoms. The molecule has 0 atom stereocenters. The van der Waals surface area contributed by atoms with Crippen LogP contribution in [0.15, 0.2) is 12.3 Å². The van der Waals surface area contributed by atoms with Crippen molar-refractivity contribution in [3.63, 3.8) is 0 Å². The van der Waals surface area contributed by atoms with Crippen molar-refractivity contribution in [3.05, 3.63) is 34.8 Å². The van der Waals surface area contributed by atoms with Gasteiger partial charge in [0.1, 0.15) is 5.75 Å². The minimum absolute atomic E-state index is 0.0744. The molecule has 0 unspecified atom stereocenters. The van der Waals surface area contributed by atoms with Crippen molar-refractivity contribution in [2.45, 2.75) is 20.8 Å². The molecular weight excluding hydrogens is 244 g/mol. The Kier molecular flexibility index (Phi) is 3.29. The minimum Gasteiger partial charge on any atom is -0.496 e. The second-order valence-electron chi connectivity index (χ2n) is 4.49. The standard InChI is InChI=1S/C14H16N2O3/c1-7-5-8(2)11(12(19-4)9(7)3)10-6-15-13(16-10)14(17)18/h5-6H,1-4H3,(H,15,16)(H,17,18). The number of carboxylic acids is 1. The average Bonchev–Trinajstić information content (AvgIpc) is 2.82. The lowest BCUT2D eigenvalue weighted by atomic mass is 9.97. The summed E-state index contributed by atoms with van der Waals surface area (Å²) in [4.78, 5) is 17.5. The number of aromatic nitrogens is 2. The van der Waals surface area contributed by atoms with Crippen LogP contribution in [-0.4, -0.2) is 28.2 Å². The molecule has 2 rings (SSSR count). The summed E-state index contributed by atoms with van der Waals surface area (Å²) < 4.78 is 5.47. The van der Waals surface area contributed by atoms with Gasteiger partial charge in [-0.05, 0) is 37.5 Å². The van der Waals surface area contributed by atoms with Crippen molar-refractivity contribution in [1.29, 1.82) is 0 Å². The lowest BCUT2D eigenvalue weighted by Gasteiger charge is -2.15. The molecule has 1 aromatic heterocycles. The number of H-pyrrole nitrogens is 1. The topological polar surface area (TPSA) is 75.2 Å². The van der Waals surface area contributed by atoms with Crippen molar-refractivity contribution >= 4 is 5.97 Å². The fraction of sp³-hybridized carbons (Fsp3) is 0.286. The molecule has 0 saturated heterocycles. The first-order valence-corrected chi connectivity index (χ1v) is 5.89. The second-order valence-corrected chi connectivity index (χ2v) is 4.49. The number of rotatable bonds is 3. The van der Waals surface area contributed by atoms with E-state index in [1.807, 2.05) is 20.8 Å². The lowest BCUT2D eigenvalue weighted by molar-refractivity contribution is 0.0685. The smallest absolute Gasteiger partial charge is 0.371 e. The summed E-state index contributed by atoms with van der Waals surface area (Å²) in [6.07, 6.45) is 1.52. The van der Waals surface area contributed by atoms with E-state index in [2.05, 4.69) is 16.0 Å². The summed E-state index contributed by atoms with van der Waals surface area (Å²) in [5.74, 6) is -0.403. The number of aromatic amines is 1. The van der Waals surface area contributed by atoms with Crippen molar-refractivity contribution < 1.29 is 14.6 Å². The molecule has 0 aliphatic heterocycles. The lowest BCUT2D eigenvalue weighted by Crippen LogP contribution is -1.99. The van der Waals surface area contributed by atoms with Gasteiger partial charge in [0.25, 0.3) is 0 Å². The number of nitrogens with one attached hydrogen (secondary N) is 1. The van der Waals surface area contributed by atoms with Gasteiger partial charge < -0.3 is 14.8 Å². The molecule has 100 valence electrons. The van der Waals surface area contributed by atoms with Crippen LogP contribution in [0, 0.1) is 20.8 Å². The van der Waals surface area contributed by atoms with Gasteiger partial charge >= 0.3 is 5.97 Å². The Labute approximate surface area is 111 Å². The van der Waals surface area contributed by atoms with Crippen molar-refractivity contribution in [3.8, 4) is 17.0 Å². The van der Waals surface area contributed by atoms with Crippen LogP contribution in [0.25, 0.3) is 11.3 Å². The average molecular weight is 260 g/mol. The van der Waals surface area contributed by atoms with Crippen LogP contribution < -0.4 is 4.74 Å². The van der Waals surface area contributed by atoms with Gasteiger partial charge in [0.05, 0.1) is 19.0 Å². The zero-order valence-corrected chi connectivity index (χ0v) is 11.4. The van der Waals surface area contributed by atoms with E-state index in [1.54, 1.807) is 7.11 Å². The molecule has 5 heteroatoms. The van der Waals surface area contributed by atoms with E-state index in [9.17, 15) is 4.79 Å². The van der Waals surface area contributed by atoms with Gasteiger partial charge in [0.2, 0.25) is 5.82 Å². The fourth-order valence-electron chi connectivity index (χ4n) is 2.20. The number of hydrogen-bond acceptors (Lipinski definition) is 3. The highest BCUT2D eigenvalue weighted by Gasteiger charge is 2.17. The van der Waals surface area contributed by atoms with Crippen molar-refractivity contribution in [2.24, 2.45) is 0 Å². The number of ether oxygens (including phenoxy) is 1. The van der Waals surface area contributed by atoms with E-state index in [0.29, 0.717) is 5.69 Å². The van der Waals surface area contributed by atoms with Gasteiger partial charge in [-0.1, -0.05) is 6.07 Å². The summed E-state index contributed by atoms with van der Waals surface area (Å²) in [6, 6.07) is 2.05. The van der Waals surface area contributed by atoms with E-state index in [0.717, 1.165) is 28.0 Å². The molecule has 0 fully saturated rings. The number of methoxy groups -OCH3 is 1. The molecule has 0 saturated carbocycles. The SMILES string of the molecule is COc1c(C)c(C)cc(C)c1-c1cnc(C(=O)O)[nH]1. The van der Waals surface area contributed by atoms with Crippen LogP contribution in [-0.2, 0) is 0 Å². The van der Waals surface area contributed by atoms with Crippen LogP contribution in [0.3, 0.4) is 0 Å². The van der Waals surface area contributed by atoms with Gasteiger partial charge in [0, 0.05) is 5.56 Å². The first kappa shape index (κ1) is 13.1. The van der Waals surface area contributed by atoms with Gasteiger partial charge in [-0.3, -0.25) is 0 Å².